The Labute approximate surface area is 152 Å². The van der Waals surface area contributed by atoms with E-state index in [1.54, 1.807) is 0 Å². The molecule has 0 aliphatic carbocycles. The zero-order valence-corrected chi connectivity index (χ0v) is 14.4. The summed E-state index contributed by atoms with van der Waals surface area (Å²) in [4.78, 5) is 12.9. The standard InChI is InChI=1S/C21H18N2OS/c24-20(23-21(25)22-18-14-8-3-9-15-18)19(16-10-4-1-5-11-16)17-12-6-2-7-13-17/h1-15,19H,(H2,22,23,24,25). The highest BCUT2D eigenvalue weighted by molar-refractivity contribution is 7.80. The minimum Gasteiger partial charge on any atom is -0.332 e. The Balaban J connectivity index is 1.79. The van der Waals surface area contributed by atoms with Crippen molar-refractivity contribution in [3.63, 3.8) is 0 Å². The normalized spacial score (nSPS) is 10.3. The van der Waals surface area contributed by atoms with Crippen molar-refractivity contribution in [2.45, 2.75) is 5.92 Å². The van der Waals surface area contributed by atoms with Crippen LogP contribution in [0.1, 0.15) is 17.0 Å². The van der Waals surface area contributed by atoms with Crippen LogP contribution in [0.25, 0.3) is 0 Å². The molecule has 4 heteroatoms. The van der Waals surface area contributed by atoms with Gasteiger partial charge in [0.05, 0.1) is 5.92 Å². The van der Waals surface area contributed by atoms with E-state index >= 15 is 0 Å². The van der Waals surface area contributed by atoms with Crippen molar-refractivity contribution >= 4 is 28.9 Å². The van der Waals surface area contributed by atoms with Gasteiger partial charge >= 0.3 is 0 Å². The molecule has 1 amide bonds. The van der Waals surface area contributed by atoms with E-state index in [-0.39, 0.29) is 11.0 Å². The summed E-state index contributed by atoms with van der Waals surface area (Å²) in [5.74, 6) is -0.580. The minimum atomic E-state index is -0.419. The molecular formula is C21H18N2OS. The predicted molar refractivity (Wildman–Crippen MR) is 106 cm³/mol. The van der Waals surface area contributed by atoms with Gasteiger partial charge in [0, 0.05) is 5.69 Å². The van der Waals surface area contributed by atoms with E-state index in [0.29, 0.717) is 0 Å². The third-order valence-corrected chi connectivity index (χ3v) is 4.00. The highest BCUT2D eigenvalue weighted by atomic mass is 32.1. The van der Waals surface area contributed by atoms with Gasteiger partial charge in [0.15, 0.2) is 5.11 Å². The molecule has 3 rings (SSSR count). The molecule has 0 aliphatic rings. The second-order valence-corrected chi connectivity index (χ2v) is 5.97. The molecular weight excluding hydrogens is 328 g/mol. The van der Waals surface area contributed by atoms with E-state index in [4.69, 9.17) is 12.2 Å². The number of hydrogen-bond donors (Lipinski definition) is 2. The topological polar surface area (TPSA) is 41.1 Å². The summed E-state index contributed by atoms with van der Waals surface area (Å²) in [7, 11) is 0. The number of benzene rings is 3. The Morgan fingerprint density at radius 1 is 0.720 bits per heavy atom. The largest absolute Gasteiger partial charge is 0.332 e. The second kappa shape index (κ2) is 8.22. The van der Waals surface area contributed by atoms with E-state index in [2.05, 4.69) is 10.6 Å². The molecule has 3 aromatic carbocycles. The molecule has 0 spiro atoms. The lowest BCUT2D eigenvalue weighted by Crippen LogP contribution is -2.37. The predicted octanol–water partition coefficient (Wildman–Crippen LogP) is 4.33. The highest BCUT2D eigenvalue weighted by Crippen LogP contribution is 2.24. The van der Waals surface area contributed by atoms with E-state index in [9.17, 15) is 4.79 Å². The lowest BCUT2D eigenvalue weighted by Gasteiger charge is -2.18. The molecule has 0 saturated carbocycles. The summed E-state index contributed by atoms with van der Waals surface area (Å²) in [5, 5.41) is 6.12. The van der Waals surface area contributed by atoms with Crippen molar-refractivity contribution in [1.82, 2.24) is 5.32 Å². The zero-order chi connectivity index (χ0) is 17.5. The summed E-state index contributed by atoms with van der Waals surface area (Å²) in [6.07, 6.45) is 0. The Hall–Kier alpha value is -2.98. The molecule has 0 fully saturated rings. The monoisotopic (exact) mass is 346 g/mol. The fraction of sp³-hybridized carbons (Fsp3) is 0.0476. The Morgan fingerprint density at radius 3 is 1.64 bits per heavy atom. The number of para-hydroxylation sites is 1. The maximum atomic E-state index is 12.9. The number of carbonyl (C=O) groups is 1. The van der Waals surface area contributed by atoms with Gasteiger partial charge in [-0.2, -0.15) is 0 Å². The number of nitrogens with one attached hydrogen (secondary N) is 2. The number of thiocarbonyl (C=S) groups is 1. The van der Waals surface area contributed by atoms with Crippen LogP contribution in [-0.4, -0.2) is 11.0 Å². The molecule has 0 bridgehead atoms. The molecule has 3 aromatic rings. The minimum absolute atomic E-state index is 0.161. The van der Waals surface area contributed by atoms with Gasteiger partial charge in [-0.1, -0.05) is 78.9 Å². The first-order valence-corrected chi connectivity index (χ1v) is 8.41. The first kappa shape index (κ1) is 16.9. The van der Waals surface area contributed by atoms with Crippen molar-refractivity contribution in [1.29, 1.82) is 0 Å². The van der Waals surface area contributed by atoms with Crippen LogP contribution in [0.15, 0.2) is 91.0 Å². The van der Waals surface area contributed by atoms with E-state index in [0.717, 1.165) is 16.8 Å². The van der Waals surface area contributed by atoms with E-state index in [1.807, 2.05) is 91.0 Å². The Kier molecular flexibility index (Phi) is 5.54. The van der Waals surface area contributed by atoms with Crippen molar-refractivity contribution in [2.75, 3.05) is 5.32 Å². The third-order valence-electron chi connectivity index (χ3n) is 3.80. The van der Waals surface area contributed by atoms with Crippen LogP contribution in [0.5, 0.6) is 0 Å². The maximum absolute atomic E-state index is 12.9. The van der Waals surface area contributed by atoms with Crippen LogP contribution in [-0.2, 0) is 4.79 Å². The van der Waals surface area contributed by atoms with E-state index < -0.39 is 5.92 Å². The van der Waals surface area contributed by atoms with Crippen molar-refractivity contribution in [3.8, 4) is 0 Å². The van der Waals surface area contributed by atoms with E-state index in [1.165, 1.54) is 0 Å². The highest BCUT2D eigenvalue weighted by Gasteiger charge is 2.23. The molecule has 0 aliphatic heterocycles. The van der Waals surface area contributed by atoms with Crippen LogP contribution in [0, 0.1) is 0 Å². The van der Waals surface area contributed by atoms with Gasteiger partial charge in [-0.3, -0.25) is 4.79 Å². The average Bonchev–Trinajstić information content (AvgIpc) is 2.64. The van der Waals surface area contributed by atoms with Crippen LogP contribution in [0.4, 0.5) is 5.69 Å². The fourth-order valence-electron chi connectivity index (χ4n) is 2.65. The van der Waals surface area contributed by atoms with Crippen molar-refractivity contribution < 1.29 is 4.79 Å². The molecule has 25 heavy (non-hydrogen) atoms. The van der Waals surface area contributed by atoms with Gasteiger partial charge in [-0.15, -0.1) is 0 Å². The van der Waals surface area contributed by atoms with Gasteiger partial charge in [-0.05, 0) is 35.5 Å². The maximum Gasteiger partial charge on any atom is 0.238 e. The van der Waals surface area contributed by atoms with Gasteiger partial charge in [-0.25, -0.2) is 0 Å². The molecule has 0 radical (unpaired) electrons. The van der Waals surface area contributed by atoms with Gasteiger partial charge in [0.2, 0.25) is 5.91 Å². The number of carbonyl (C=O) groups excluding carboxylic acids is 1. The van der Waals surface area contributed by atoms with Gasteiger partial charge < -0.3 is 10.6 Å². The van der Waals surface area contributed by atoms with Crippen LogP contribution < -0.4 is 10.6 Å². The van der Waals surface area contributed by atoms with Crippen molar-refractivity contribution in [2.24, 2.45) is 0 Å². The molecule has 0 saturated heterocycles. The van der Waals surface area contributed by atoms with Crippen molar-refractivity contribution in [3.05, 3.63) is 102 Å². The molecule has 0 aromatic heterocycles. The summed E-state index contributed by atoms with van der Waals surface area (Å²) in [6, 6.07) is 28.9. The van der Waals surface area contributed by atoms with Crippen LogP contribution in [0.3, 0.4) is 0 Å². The lowest BCUT2D eigenvalue weighted by molar-refractivity contribution is -0.120. The quantitative estimate of drug-likeness (QED) is 0.691. The zero-order valence-electron chi connectivity index (χ0n) is 13.6. The summed E-state index contributed by atoms with van der Waals surface area (Å²) >= 11 is 5.29. The SMILES string of the molecule is O=C(NC(=S)Nc1ccccc1)C(c1ccccc1)c1ccccc1. The summed E-state index contributed by atoms with van der Waals surface area (Å²) in [5.41, 5.74) is 2.69. The molecule has 0 heterocycles. The van der Waals surface area contributed by atoms with Gasteiger partial charge in [0.25, 0.3) is 0 Å². The molecule has 0 atom stereocenters. The Morgan fingerprint density at radius 2 is 1.16 bits per heavy atom. The molecule has 3 nitrogen and oxygen atoms in total. The smallest absolute Gasteiger partial charge is 0.238 e. The molecule has 2 N–H and O–H groups in total. The number of anilines is 1. The molecule has 0 unspecified atom stereocenters. The number of rotatable bonds is 4. The Bertz CT molecular complexity index is 796. The van der Waals surface area contributed by atoms with Crippen LogP contribution in [0.2, 0.25) is 0 Å². The van der Waals surface area contributed by atoms with Gasteiger partial charge in [0.1, 0.15) is 0 Å². The number of amides is 1. The summed E-state index contributed by atoms with van der Waals surface area (Å²) < 4.78 is 0. The average molecular weight is 346 g/mol. The first-order chi connectivity index (χ1) is 12.2. The number of hydrogen-bond acceptors (Lipinski definition) is 2. The second-order valence-electron chi connectivity index (χ2n) is 5.56. The fourth-order valence-corrected chi connectivity index (χ4v) is 2.87. The van der Waals surface area contributed by atoms with Crippen LogP contribution >= 0.6 is 12.2 Å². The first-order valence-electron chi connectivity index (χ1n) is 8.01. The lowest BCUT2D eigenvalue weighted by atomic mass is 9.90. The third kappa shape index (κ3) is 4.52. The summed E-state index contributed by atoms with van der Waals surface area (Å²) in [6.45, 7) is 0. The molecule has 124 valence electrons.